The number of amides is 1. The Kier molecular flexibility index (Phi) is 4.08. The standard InChI is InChI=1S/C14H26N2O/c1-3-9-15-12-6-10-16(13(12)17)11-14(4-2)7-5-8-14/h12,15H,3-11H2,1-2H3. The lowest BCUT2D eigenvalue weighted by molar-refractivity contribution is -0.131. The molecule has 1 amide bonds. The van der Waals surface area contributed by atoms with E-state index in [0.717, 1.165) is 32.5 Å². The van der Waals surface area contributed by atoms with Crippen LogP contribution in [-0.2, 0) is 4.79 Å². The summed E-state index contributed by atoms with van der Waals surface area (Å²) in [5.74, 6) is 0.346. The summed E-state index contributed by atoms with van der Waals surface area (Å²) in [4.78, 5) is 14.3. The van der Waals surface area contributed by atoms with Gasteiger partial charge in [0.1, 0.15) is 0 Å². The Hall–Kier alpha value is -0.570. The van der Waals surface area contributed by atoms with Gasteiger partial charge in [0.25, 0.3) is 0 Å². The molecule has 1 aliphatic carbocycles. The van der Waals surface area contributed by atoms with E-state index >= 15 is 0 Å². The van der Waals surface area contributed by atoms with E-state index in [4.69, 9.17) is 0 Å². The van der Waals surface area contributed by atoms with Crippen molar-refractivity contribution in [3.05, 3.63) is 0 Å². The summed E-state index contributed by atoms with van der Waals surface area (Å²) in [6.45, 7) is 7.34. The quantitative estimate of drug-likeness (QED) is 0.769. The fraction of sp³-hybridized carbons (Fsp3) is 0.929. The fourth-order valence-electron chi connectivity index (χ4n) is 3.11. The highest BCUT2D eigenvalue weighted by Gasteiger charge is 2.40. The Morgan fingerprint density at radius 1 is 1.41 bits per heavy atom. The fourth-order valence-corrected chi connectivity index (χ4v) is 3.11. The van der Waals surface area contributed by atoms with Crippen LogP contribution in [0.3, 0.4) is 0 Å². The van der Waals surface area contributed by atoms with E-state index in [1.807, 2.05) is 0 Å². The van der Waals surface area contributed by atoms with Gasteiger partial charge in [-0.05, 0) is 44.1 Å². The number of nitrogens with one attached hydrogen (secondary N) is 1. The van der Waals surface area contributed by atoms with Crippen LogP contribution < -0.4 is 5.32 Å². The van der Waals surface area contributed by atoms with Crippen molar-refractivity contribution < 1.29 is 4.79 Å². The minimum absolute atomic E-state index is 0.101. The van der Waals surface area contributed by atoms with Gasteiger partial charge >= 0.3 is 0 Å². The lowest BCUT2D eigenvalue weighted by atomic mass is 9.67. The monoisotopic (exact) mass is 238 g/mol. The van der Waals surface area contributed by atoms with Crippen LogP contribution in [0.5, 0.6) is 0 Å². The third-order valence-corrected chi connectivity index (χ3v) is 4.63. The number of hydrogen-bond donors (Lipinski definition) is 1. The number of likely N-dealkylation sites (tertiary alicyclic amines) is 1. The molecule has 1 saturated carbocycles. The lowest BCUT2D eigenvalue weighted by Crippen LogP contribution is -2.45. The Balaban J connectivity index is 1.84. The van der Waals surface area contributed by atoms with Gasteiger partial charge in [0, 0.05) is 13.1 Å². The summed E-state index contributed by atoms with van der Waals surface area (Å²) in [7, 11) is 0. The number of nitrogens with zero attached hydrogens (tertiary/aromatic N) is 1. The molecule has 2 rings (SSSR count). The lowest BCUT2D eigenvalue weighted by Gasteiger charge is -2.43. The molecule has 1 aliphatic heterocycles. The van der Waals surface area contributed by atoms with Gasteiger partial charge < -0.3 is 10.2 Å². The third kappa shape index (κ3) is 2.65. The van der Waals surface area contributed by atoms with Gasteiger partial charge in [0.05, 0.1) is 6.04 Å². The van der Waals surface area contributed by atoms with E-state index in [-0.39, 0.29) is 6.04 Å². The molecular weight excluding hydrogens is 212 g/mol. The van der Waals surface area contributed by atoms with Crippen molar-refractivity contribution in [3.63, 3.8) is 0 Å². The number of carbonyl (C=O) groups is 1. The van der Waals surface area contributed by atoms with Crippen LogP contribution in [0.2, 0.25) is 0 Å². The summed E-state index contributed by atoms with van der Waals surface area (Å²) in [6.07, 6.45) is 7.32. The molecule has 3 nitrogen and oxygen atoms in total. The Labute approximate surface area is 105 Å². The average Bonchev–Trinajstić information content (AvgIpc) is 2.62. The molecular formula is C14H26N2O. The van der Waals surface area contributed by atoms with Gasteiger partial charge in [0.15, 0.2) is 0 Å². The zero-order valence-corrected chi connectivity index (χ0v) is 11.3. The van der Waals surface area contributed by atoms with Gasteiger partial charge in [-0.25, -0.2) is 0 Å². The van der Waals surface area contributed by atoms with Crippen molar-refractivity contribution in [3.8, 4) is 0 Å². The second-order valence-electron chi connectivity index (χ2n) is 5.76. The summed E-state index contributed by atoms with van der Waals surface area (Å²) in [5, 5.41) is 3.36. The predicted octanol–water partition coefficient (Wildman–Crippen LogP) is 2.17. The van der Waals surface area contributed by atoms with E-state index in [2.05, 4.69) is 24.1 Å². The molecule has 1 unspecified atom stereocenters. The second-order valence-corrected chi connectivity index (χ2v) is 5.76. The highest BCUT2D eigenvalue weighted by atomic mass is 16.2. The van der Waals surface area contributed by atoms with Crippen LogP contribution in [0.1, 0.15) is 52.4 Å². The molecule has 0 aromatic carbocycles. The van der Waals surface area contributed by atoms with Crippen molar-refractivity contribution in [1.82, 2.24) is 10.2 Å². The first kappa shape index (κ1) is 12.9. The number of rotatable bonds is 6. The maximum atomic E-state index is 12.2. The summed E-state index contributed by atoms with van der Waals surface area (Å²) in [6, 6.07) is 0.101. The summed E-state index contributed by atoms with van der Waals surface area (Å²) in [5.41, 5.74) is 0.468. The molecule has 1 heterocycles. The van der Waals surface area contributed by atoms with Crippen LogP contribution in [0.25, 0.3) is 0 Å². The first-order valence-electron chi connectivity index (χ1n) is 7.23. The molecule has 1 saturated heterocycles. The van der Waals surface area contributed by atoms with Crippen LogP contribution in [0.4, 0.5) is 0 Å². The first-order chi connectivity index (χ1) is 8.21. The molecule has 0 spiro atoms. The Bertz CT molecular complexity index is 268. The summed E-state index contributed by atoms with van der Waals surface area (Å²) < 4.78 is 0. The predicted molar refractivity (Wildman–Crippen MR) is 69.9 cm³/mol. The van der Waals surface area contributed by atoms with Gasteiger partial charge in [0.2, 0.25) is 5.91 Å². The first-order valence-corrected chi connectivity index (χ1v) is 7.23. The SMILES string of the molecule is CCCNC1CCN(CC2(CC)CCC2)C1=O. The van der Waals surface area contributed by atoms with Crippen LogP contribution in [-0.4, -0.2) is 36.5 Å². The third-order valence-electron chi connectivity index (χ3n) is 4.63. The van der Waals surface area contributed by atoms with Crippen molar-refractivity contribution in [2.45, 2.75) is 58.4 Å². The molecule has 0 aromatic heterocycles. The molecule has 0 aromatic rings. The molecule has 17 heavy (non-hydrogen) atoms. The average molecular weight is 238 g/mol. The molecule has 98 valence electrons. The van der Waals surface area contributed by atoms with Gasteiger partial charge in [-0.2, -0.15) is 0 Å². The molecule has 0 radical (unpaired) electrons. The maximum absolute atomic E-state index is 12.2. The molecule has 1 N–H and O–H groups in total. The van der Waals surface area contributed by atoms with Crippen molar-refractivity contribution in [2.75, 3.05) is 19.6 Å². The Morgan fingerprint density at radius 3 is 2.71 bits per heavy atom. The zero-order valence-electron chi connectivity index (χ0n) is 11.3. The van der Waals surface area contributed by atoms with Crippen LogP contribution in [0, 0.1) is 5.41 Å². The van der Waals surface area contributed by atoms with Gasteiger partial charge in [-0.15, -0.1) is 0 Å². The highest BCUT2D eigenvalue weighted by molar-refractivity contribution is 5.84. The topological polar surface area (TPSA) is 32.3 Å². The second kappa shape index (κ2) is 5.38. The van der Waals surface area contributed by atoms with Crippen molar-refractivity contribution in [2.24, 2.45) is 5.41 Å². The summed E-state index contributed by atoms with van der Waals surface area (Å²) >= 11 is 0. The zero-order chi connectivity index (χ0) is 12.3. The van der Waals surface area contributed by atoms with E-state index in [1.54, 1.807) is 0 Å². The van der Waals surface area contributed by atoms with Crippen LogP contribution in [0.15, 0.2) is 0 Å². The van der Waals surface area contributed by atoms with E-state index in [1.165, 1.54) is 25.7 Å². The molecule has 3 heteroatoms. The Morgan fingerprint density at radius 2 is 2.18 bits per heavy atom. The van der Waals surface area contributed by atoms with E-state index in [9.17, 15) is 4.79 Å². The molecule has 2 aliphatic rings. The molecule has 0 bridgehead atoms. The van der Waals surface area contributed by atoms with E-state index < -0.39 is 0 Å². The molecule has 2 fully saturated rings. The number of carbonyl (C=O) groups excluding carboxylic acids is 1. The molecule has 1 atom stereocenters. The van der Waals surface area contributed by atoms with Gasteiger partial charge in [-0.3, -0.25) is 4.79 Å². The largest absolute Gasteiger partial charge is 0.341 e. The minimum atomic E-state index is 0.101. The van der Waals surface area contributed by atoms with Crippen molar-refractivity contribution in [1.29, 1.82) is 0 Å². The normalized spacial score (nSPS) is 27.3. The number of hydrogen-bond acceptors (Lipinski definition) is 2. The van der Waals surface area contributed by atoms with Crippen LogP contribution >= 0.6 is 0 Å². The highest BCUT2D eigenvalue weighted by Crippen LogP contribution is 2.44. The smallest absolute Gasteiger partial charge is 0.239 e. The van der Waals surface area contributed by atoms with E-state index in [0.29, 0.717) is 11.3 Å². The van der Waals surface area contributed by atoms with Crippen molar-refractivity contribution >= 4 is 5.91 Å². The maximum Gasteiger partial charge on any atom is 0.239 e. The minimum Gasteiger partial charge on any atom is -0.341 e. The van der Waals surface area contributed by atoms with Gasteiger partial charge in [-0.1, -0.05) is 20.3 Å².